The number of para-hydroxylation sites is 1. The SMILES string of the molecule is Cc1[nH]c2ccccc2c1N=C=O. The zero-order valence-corrected chi connectivity index (χ0v) is 7.16. The largest absolute Gasteiger partial charge is 0.357 e. The van der Waals surface area contributed by atoms with E-state index in [2.05, 4.69) is 9.98 Å². The van der Waals surface area contributed by atoms with Gasteiger partial charge in [0.25, 0.3) is 0 Å². The fraction of sp³-hybridized carbons (Fsp3) is 0.100. The van der Waals surface area contributed by atoms with Crippen molar-refractivity contribution in [3.63, 3.8) is 0 Å². The van der Waals surface area contributed by atoms with E-state index < -0.39 is 0 Å². The minimum atomic E-state index is 0.686. The third-order valence-electron chi connectivity index (χ3n) is 2.02. The highest BCUT2D eigenvalue weighted by Gasteiger charge is 2.05. The normalized spacial score (nSPS) is 9.92. The van der Waals surface area contributed by atoms with E-state index in [1.807, 2.05) is 31.2 Å². The molecule has 1 aromatic heterocycles. The Bertz CT molecular complexity index is 493. The lowest BCUT2D eigenvalue weighted by molar-refractivity contribution is 0.565. The summed E-state index contributed by atoms with van der Waals surface area (Å²) in [6.07, 6.45) is 1.56. The van der Waals surface area contributed by atoms with Crippen LogP contribution in [0.4, 0.5) is 5.69 Å². The lowest BCUT2D eigenvalue weighted by Crippen LogP contribution is -1.66. The Balaban J connectivity index is 2.85. The van der Waals surface area contributed by atoms with Crippen molar-refractivity contribution in [1.29, 1.82) is 0 Å². The summed E-state index contributed by atoms with van der Waals surface area (Å²) in [5.41, 5.74) is 2.57. The molecule has 0 saturated carbocycles. The van der Waals surface area contributed by atoms with Crippen LogP contribution < -0.4 is 0 Å². The maximum Gasteiger partial charge on any atom is 0.240 e. The molecule has 13 heavy (non-hydrogen) atoms. The van der Waals surface area contributed by atoms with E-state index in [0.717, 1.165) is 16.6 Å². The maximum absolute atomic E-state index is 10.2. The quantitative estimate of drug-likeness (QED) is 0.521. The second-order valence-corrected chi connectivity index (χ2v) is 2.85. The standard InChI is InChI=1S/C10H8N2O/c1-7-10(11-6-13)8-4-2-3-5-9(8)12-7/h2-5,12H,1H3. The van der Waals surface area contributed by atoms with Crippen LogP contribution in [-0.4, -0.2) is 11.1 Å². The van der Waals surface area contributed by atoms with Crippen LogP contribution in [0.1, 0.15) is 5.69 Å². The molecular weight excluding hydrogens is 164 g/mol. The number of aromatic amines is 1. The van der Waals surface area contributed by atoms with Crippen molar-refractivity contribution in [2.45, 2.75) is 6.92 Å². The molecule has 64 valence electrons. The van der Waals surface area contributed by atoms with Gasteiger partial charge >= 0.3 is 0 Å². The molecule has 2 rings (SSSR count). The van der Waals surface area contributed by atoms with Crippen LogP contribution in [0, 0.1) is 6.92 Å². The zero-order chi connectivity index (χ0) is 9.26. The van der Waals surface area contributed by atoms with E-state index in [1.165, 1.54) is 0 Å². The molecular formula is C10H8N2O. The van der Waals surface area contributed by atoms with Gasteiger partial charge in [0.05, 0.1) is 0 Å². The molecule has 0 bridgehead atoms. The number of rotatable bonds is 1. The van der Waals surface area contributed by atoms with Gasteiger partial charge in [0.2, 0.25) is 6.08 Å². The minimum absolute atomic E-state index is 0.686. The highest BCUT2D eigenvalue weighted by molar-refractivity contribution is 5.93. The average molecular weight is 172 g/mol. The summed E-state index contributed by atoms with van der Waals surface area (Å²) in [5.74, 6) is 0. The molecule has 0 radical (unpaired) electrons. The van der Waals surface area contributed by atoms with E-state index in [9.17, 15) is 4.79 Å². The van der Waals surface area contributed by atoms with Gasteiger partial charge < -0.3 is 4.98 Å². The molecule has 0 spiro atoms. The van der Waals surface area contributed by atoms with E-state index in [0.29, 0.717) is 5.69 Å². The Hall–Kier alpha value is -1.86. The molecule has 0 unspecified atom stereocenters. The predicted molar refractivity (Wildman–Crippen MR) is 50.8 cm³/mol. The summed E-state index contributed by atoms with van der Waals surface area (Å²) in [6, 6.07) is 7.73. The summed E-state index contributed by atoms with van der Waals surface area (Å²) in [7, 11) is 0. The van der Waals surface area contributed by atoms with Crippen LogP contribution in [0.25, 0.3) is 10.9 Å². The van der Waals surface area contributed by atoms with Crippen LogP contribution in [0.15, 0.2) is 29.3 Å². The first-order valence-electron chi connectivity index (χ1n) is 3.98. The predicted octanol–water partition coefficient (Wildman–Crippen LogP) is 2.44. The number of aryl methyl sites for hydroxylation is 1. The van der Waals surface area contributed by atoms with Gasteiger partial charge in [-0.15, -0.1) is 0 Å². The Morgan fingerprint density at radius 2 is 2.15 bits per heavy atom. The Morgan fingerprint density at radius 3 is 2.92 bits per heavy atom. The molecule has 0 fully saturated rings. The van der Waals surface area contributed by atoms with Crippen molar-refractivity contribution >= 4 is 22.7 Å². The van der Waals surface area contributed by atoms with Gasteiger partial charge in [0.1, 0.15) is 5.69 Å². The van der Waals surface area contributed by atoms with E-state index >= 15 is 0 Å². The molecule has 3 nitrogen and oxygen atoms in total. The molecule has 0 aliphatic rings. The van der Waals surface area contributed by atoms with Crippen LogP contribution in [0.3, 0.4) is 0 Å². The highest BCUT2D eigenvalue weighted by Crippen LogP contribution is 2.28. The van der Waals surface area contributed by atoms with Crippen molar-refractivity contribution in [2.75, 3.05) is 0 Å². The summed E-state index contributed by atoms with van der Waals surface area (Å²) >= 11 is 0. The van der Waals surface area contributed by atoms with Crippen molar-refractivity contribution in [3.05, 3.63) is 30.0 Å². The second kappa shape index (κ2) is 2.88. The number of nitrogens with zero attached hydrogens (tertiary/aromatic N) is 1. The molecule has 0 aliphatic heterocycles. The molecule has 0 aliphatic carbocycles. The number of benzene rings is 1. The number of nitrogens with one attached hydrogen (secondary N) is 1. The first-order chi connectivity index (χ1) is 6.33. The second-order valence-electron chi connectivity index (χ2n) is 2.85. The number of H-pyrrole nitrogens is 1. The number of aromatic nitrogens is 1. The Kier molecular flexibility index (Phi) is 1.72. The van der Waals surface area contributed by atoms with Crippen LogP contribution in [0.5, 0.6) is 0 Å². The van der Waals surface area contributed by atoms with Gasteiger partial charge in [-0.2, -0.15) is 4.99 Å². The summed E-state index contributed by atoms with van der Waals surface area (Å²) in [5, 5.41) is 0.961. The van der Waals surface area contributed by atoms with Gasteiger partial charge in [-0.05, 0) is 13.0 Å². The summed E-state index contributed by atoms with van der Waals surface area (Å²) in [6.45, 7) is 1.89. The summed E-state index contributed by atoms with van der Waals surface area (Å²) in [4.78, 5) is 17.0. The highest BCUT2D eigenvalue weighted by atomic mass is 16.1. The van der Waals surface area contributed by atoms with Crippen LogP contribution >= 0.6 is 0 Å². The first-order valence-corrected chi connectivity index (χ1v) is 3.98. The molecule has 0 saturated heterocycles. The molecule has 0 amide bonds. The van der Waals surface area contributed by atoms with Crippen LogP contribution in [-0.2, 0) is 4.79 Å². The van der Waals surface area contributed by atoms with Crippen LogP contribution in [0.2, 0.25) is 0 Å². The fourth-order valence-electron chi connectivity index (χ4n) is 1.45. The third kappa shape index (κ3) is 1.15. The third-order valence-corrected chi connectivity index (χ3v) is 2.02. The number of fused-ring (bicyclic) bond motifs is 1. The monoisotopic (exact) mass is 172 g/mol. The van der Waals surface area contributed by atoms with E-state index in [1.54, 1.807) is 6.08 Å². The number of aliphatic imine (C=N–C) groups is 1. The number of hydrogen-bond acceptors (Lipinski definition) is 2. The van der Waals surface area contributed by atoms with Crippen molar-refractivity contribution in [3.8, 4) is 0 Å². The molecule has 1 N–H and O–H groups in total. The zero-order valence-electron chi connectivity index (χ0n) is 7.16. The van der Waals surface area contributed by atoms with Gasteiger partial charge in [0, 0.05) is 16.6 Å². The fourth-order valence-corrected chi connectivity index (χ4v) is 1.45. The maximum atomic E-state index is 10.2. The van der Waals surface area contributed by atoms with Crippen molar-refractivity contribution < 1.29 is 4.79 Å². The topological polar surface area (TPSA) is 45.2 Å². The first kappa shape index (κ1) is 7.77. The van der Waals surface area contributed by atoms with E-state index in [-0.39, 0.29) is 0 Å². The molecule has 3 heteroatoms. The Labute approximate surface area is 75.1 Å². The molecule has 0 atom stereocenters. The van der Waals surface area contributed by atoms with Crippen molar-refractivity contribution in [2.24, 2.45) is 4.99 Å². The lowest BCUT2D eigenvalue weighted by atomic mass is 10.2. The van der Waals surface area contributed by atoms with Gasteiger partial charge in [-0.1, -0.05) is 18.2 Å². The number of hydrogen-bond donors (Lipinski definition) is 1. The molecule has 1 aromatic carbocycles. The minimum Gasteiger partial charge on any atom is -0.357 e. The number of isocyanates is 1. The lowest BCUT2D eigenvalue weighted by Gasteiger charge is -1.87. The summed E-state index contributed by atoms with van der Waals surface area (Å²) < 4.78 is 0. The van der Waals surface area contributed by atoms with Gasteiger partial charge in [0.15, 0.2) is 0 Å². The van der Waals surface area contributed by atoms with Gasteiger partial charge in [-0.25, -0.2) is 4.79 Å². The average Bonchev–Trinajstić information content (AvgIpc) is 2.44. The van der Waals surface area contributed by atoms with E-state index in [4.69, 9.17) is 0 Å². The van der Waals surface area contributed by atoms with Crippen molar-refractivity contribution in [1.82, 2.24) is 4.98 Å². The molecule has 1 heterocycles. The molecule has 2 aromatic rings. The number of carbonyl (C=O) groups excluding carboxylic acids is 1. The smallest absolute Gasteiger partial charge is 0.240 e. The Morgan fingerprint density at radius 1 is 1.38 bits per heavy atom. The van der Waals surface area contributed by atoms with Gasteiger partial charge in [-0.3, -0.25) is 0 Å².